The van der Waals surface area contributed by atoms with Crippen LogP contribution in [0.25, 0.3) is 22.3 Å². The number of aromatic nitrogens is 4. The average Bonchev–Trinajstić information content (AvgIpc) is 3.66. The predicted molar refractivity (Wildman–Crippen MR) is 153 cm³/mol. The van der Waals surface area contributed by atoms with Gasteiger partial charge in [0.25, 0.3) is 5.91 Å². The van der Waals surface area contributed by atoms with Crippen molar-refractivity contribution in [3.63, 3.8) is 0 Å². The molecule has 0 aliphatic carbocycles. The lowest BCUT2D eigenvalue weighted by Gasteiger charge is -2.31. The standard InChI is InChI=1S/C30H27F4N7O3/c1-43-24-12-18(2-5-23(24)38-29(42)21-4-3-19(13-22(21)31)30(32,33)34)26-25-27(35)36-16-37-28(25)41(39-26)20-6-9-40(10-7-20)14-17-8-11-44-15-17/h2-5,8,11-13,15-16,20H,6-7,9-10,14H2,1H3,(H,38,42)(H2,35,36,37). The Hall–Kier alpha value is -4.98. The van der Waals surface area contributed by atoms with E-state index in [1.165, 1.54) is 19.5 Å². The fourth-order valence-corrected chi connectivity index (χ4v) is 5.42. The minimum atomic E-state index is -4.74. The second kappa shape index (κ2) is 11.6. The van der Waals surface area contributed by atoms with Gasteiger partial charge in [0.05, 0.1) is 47.9 Å². The van der Waals surface area contributed by atoms with E-state index in [0.717, 1.165) is 44.1 Å². The number of piperidine rings is 1. The van der Waals surface area contributed by atoms with Crippen LogP contribution in [-0.4, -0.2) is 50.8 Å². The third-order valence-electron chi connectivity index (χ3n) is 7.67. The molecule has 1 fully saturated rings. The van der Waals surface area contributed by atoms with Gasteiger partial charge in [-0.2, -0.15) is 18.3 Å². The predicted octanol–water partition coefficient (Wildman–Crippen LogP) is 5.92. The summed E-state index contributed by atoms with van der Waals surface area (Å²) in [4.78, 5) is 23.8. The summed E-state index contributed by atoms with van der Waals surface area (Å²) in [6, 6.07) is 8.59. The number of hydrogen-bond acceptors (Lipinski definition) is 8. The van der Waals surface area contributed by atoms with Crippen molar-refractivity contribution in [2.45, 2.75) is 31.6 Å². The summed E-state index contributed by atoms with van der Waals surface area (Å²) in [6.07, 6.45) is 1.75. The van der Waals surface area contributed by atoms with Crippen LogP contribution in [0, 0.1) is 5.82 Å². The van der Waals surface area contributed by atoms with Gasteiger partial charge in [-0.25, -0.2) is 19.0 Å². The molecule has 228 valence electrons. The molecule has 5 aromatic rings. The van der Waals surface area contributed by atoms with E-state index in [4.69, 9.17) is 20.0 Å². The summed E-state index contributed by atoms with van der Waals surface area (Å²) in [6.45, 7) is 2.52. The van der Waals surface area contributed by atoms with Crippen molar-refractivity contribution in [3.8, 4) is 17.0 Å². The molecule has 4 heterocycles. The Labute approximate surface area is 248 Å². The number of halogens is 4. The first-order chi connectivity index (χ1) is 21.1. The van der Waals surface area contributed by atoms with Crippen LogP contribution in [0.1, 0.15) is 40.4 Å². The molecule has 14 heteroatoms. The first-order valence-corrected chi connectivity index (χ1v) is 13.7. The maximum absolute atomic E-state index is 14.4. The Kier molecular flexibility index (Phi) is 7.67. The van der Waals surface area contributed by atoms with Gasteiger partial charge in [0.1, 0.15) is 29.4 Å². The van der Waals surface area contributed by atoms with Crippen LogP contribution in [0.4, 0.5) is 29.1 Å². The molecule has 0 bridgehead atoms. The molecule has 1 aliphatic rings. The highest BCUT2D eigenvalue weighted by Crippen LogP contribution is 2.38. The van der Waals surface area contributed by atoms with Crippen LogP contribution < -0.4 is 15.8 Å². The quantitative estimate of drug-likeness (QED) is 0.218. The molecule has 0 radical (unpaired) electrons. The number of benzene rings is 2. The number of rotatable bonds is 7. The Morgan fingerprint density at radius 1 is 1.14 bits per heavy atom. The zero-order valence-corrected chi connectivity index (χ0v) is 23.4. The summed E-state index contributed by atoms with van der Waals surface area (Å²) < 4.78 is 65.7. The van der Waals surface area contributed by atoms with Crippen LogP contribution >= 0.6 is 0 Å². The number of likely N-dealkylation sites (tertiary alicyclic amines) is 1. The van der Waals surface area contributed by atoms with E-state index in [1.807, 2.05) is 10.7 Å². The van der Waals surface area contributed by atoms with Gasteiger partial charge in [0.15, 0.2) is 5.65 Å². The Morgan fingerprint density at radius 2 is 1.93 bits per heavy atom. The number of methoxy groups -OCH3 is 1. The van der Waals surface area contributed by atoms with E-state index in [2.05, 4.69) is 20.2 Å². The summed E-state index contributed by atoms with van der Waals surface area (Å²) in [5.74, 6) is -1.77. The number of anilines is 2. The number of nitrogens with zero attached hydrogens (tertiary/aromatic N) is 5. The lowest BCUT2D eigenvalue weighted by Crippen LogP contribution is -2.34. The third-order valence-corrected chi connectivity index (χ3v) is 7.67. The number of fused-ring (bicyclic) bond motifs is 1. The molecule has 6 rings (SSSR count). The Balaban J connectivity index is 1.26. The van der Waals surface area contributed by atoms with Crippen molar-refractivity contribution in [1.29, 1.82) is 0 Å². The molecule has 44 heavy (non-hydrogen) atoms. The molecular weight excluding hydrogens is 582 g/mol. The maximum Gasteiger partial charge on any atom is 0.416 e. The second-order valence-electron chi connectivity index (χ2n) is 10.5. The van der Waals surface area contributed by atoms with Crippen molar-refractivity contribution in [2.75, 3.05) is 31.2 Å². The monoisotopic (exact) mass is 609 g/mol. The highest BCUT2D eigenvalue weighted by atomic mass is 19.4. The maximum atomic E-state index is 14.4. The van der Waals surface area contributed by atoms with Crippen LogP contribution in [0.15, 0.2) is 65.7 Å². The minimum absolute atomic E-state index is 0.0697. The number of nitrogens with one attached hydrogen (secondary N) is 1. The molecular formula is C30H27F4N7O3. The van der Waals surface area contributed by atoms with Gasteiger partial charge < -0.3 is 20.2 Å². The SMILES string of the molecule is COc1cc(-c2nn(C3CCN(Cc4ccoc4)CC3)c3ncnc(N)c23)ccc1NC(=O)c1ccc(C(F)(F)F)cc1F. The first-order valence-electron chi connectivity index (χ1n) is 13.7. The zero-order chi connectivity index (χ0) is 31.0. The van der Waals surface area contributed by atoms with Crippen LogP contribution in [0.5, 0.6) is 5.75 Å². The van der Waals surface area contributed by atoms with Gasteiger partial charge in [-0.15, -0.1) is 0 Å². The van der Waals surface area contributed by atoms with Crippen molar-refractivity contribution in [3.05, 3.63) is 83.8 Å². The van der Waals surface area contributed by atoms with E-state index in [1.54, 1.807) is 24.7 Å². The lowest BCUT2D eigenvalue weighted by molar-refractivity contribution is -0.137. The van der Waals surface area contributed by atoms with E-state index in [9.17, 15) is 22.4 Å². The number of hydrogen-bond donors (Lipinski definition) is 2. The topological polar surface area (TPSA) is 124 Å². The minimum Gasteiger partial charge on any atom is -0.495 e. The van der Waals surface area contributed by atoms with Gasteiger partial charge in [-0.05, 0) is 49.2 Å². The number of furan rings is 1. The zero-order valence-electron chi connectivity index (χ0n) is 23.4. The first kappa shape index (κ1) is 29.1. The number of amides is 1. The summed E-state index contributed by atoms with van der Waals surface area (Å²) in [7, 11) is 1.39. The van der Waals surface area contributed by atoms with Crippen molar-refractivity contribution in [2.24, 2.45) is 0 Å². The number of nitrogen functional groups attached to an aromatic ring is 1. The number of alkyl halides is 3. The molecule has 1 saturated heterocycles. The smallest absolute Gasteiger partial charge is 0.416 e. The molecule has 1 aliphatic heterocycles. The third kappa shape index (κ3) is 5.67. The van der Waals surface area contributed by atoms with E-state index >= 15 is 0 Å². The van der Waals surface area contributed by atoms with Crippen molar-refractivity contribution < 1.29 is 31.5 Å². The Morgan fingerprint density at radius 3 is 2.61 bits per heavy atom. The van der Waals surface area contributed by atoms with Crippen LogP contribution in [0.3, 0.4) is 0 Å². The normalized spacial score (nSPS) is 14.7. The molecule has 0 atom stereocenters. The molecule has 3 N–H and O–H groups in total. The molecule has 0 unspecified atom stereocenters. The van der Waals surface area contributed by atoms with Gasteiger partial charge in [-0.3, -0.25) is 9.69 Å². The van der Waals surface area contributed by atoms with Crippen molar-refractivity contribution >= 4 is 28.4 Å². The number of carbonyl (C=O) groups is 1. The number of nitrogens with two attached hydrogens (primary N) is 1. The van der Waals surface area contributed by atoms with E-state index < -0.39 is 29.0 Å². The van der Waals surface area contributed by atoms with E-state index in [-0.39, 0.29) is 29.4 Å². The van der Waals surface area contributed by atoms with Gasteiger partial charge >= 0.3 is 6.18 Å². The second-order valence-corrected chi connectivity index (χ2v) is 10.5. The largest absolute Gasteiger partial charge is 0.495 e. The molecule has 0 spiro atoms. The average molecular weight is 610 g/mol. The molecule has 0 saturated carbocycles. The summed E-state index contributed by atoms with van der Waals surface area (Å²) in [5.41, 5.74) is 7.57. The fraction of sp³-hybridized carbons (Fsp3) is 0.267. The van der Waals surface area contributed by atoms with E-state index in [0.29, 0.717) is 28.4 Å². The highest BCUT2D eigenvalue weighted by Gasteiger charge is 2.32. The molecule has 2 aromatic carbocycles. The molecule has 10 nitrogen and oxygen atoms in total. The van der Waals surface area contributed by atoms with Gasteiger partial charge in [-0.1, -0.05) is 6.07 Å². The molecule has 1 amide bonds. The molecule has 3 aromatic heterocycles. The number of ether oxygens (including phenoxy) is 1. The number of carbonyl (C=O) groups excluding carboxylic acids is 1. The van der Waals surface area contributed by atoms with Gasteiger partial charge in [0.2, 0.25) is 0 Å². The van der Waals surface area contributed by atoms with Gasteiger partial charge in [0, 0.05) is 30.8 Å². The van der Waals surface area contributed by atoms with Crippen LogP contribution in [-0.2, 0) is 12.7 Å². The van der Waals surface area contributed by atoms with Crippen LogP contribution in [0.2, 0.25) is 0 Å². The summed E-state index contributed by atoms with van der Waals surface area (Å²) >= 11 is 0. The lowest BCUT2D eigenvalue weighted by atomic mass is 10.0. The fourth-order valence-electron chi connectivity index (χ4n) is 5.42. The Bertz CT molecular complexity index is 1810. The van der Waals surface area contributed by atoms with Crippen molar-refractivity contribution in [1.82, 2.24) is 24.6 Å². The highest BCUT2D eigenvalue weighted by molar-refractivity contribution is 6.06. The summed E-state index contributed by atoms with van der Waals surface area (Å²) in [5, 5.41) is 7.99.